The normalized spacial score (nSPS) is 10.3. The van der Waals surface area contributed by atoms with Gasteiger partial charge in [-0.05, 0) is 34.7 Å². The van der Waals surface area contributed by atoms with E-state index in [-0.39, 0.29) is 19.0 Å². The van der Waals surface area contributed by atoms with Gasteiger partial charge >= 0.3 is 0 Å². The van der Waals surface area contributed by atoms with E-state index in [0.717, 1.165) is 0 Å². The van der Waals surface area contributed by atoms with Gasteiger partial charge in [0.25, 0.3) is 0 Å². The Bertz CT molecular complexity index is 770. The molecule has 2 aromatic carbocycles. The summed E-state index contributed by atoms with van der Waals surface area (Å²) >= 11 is 6.03. The summed E-state index contributed by atoms with van der Waals surface area (Å²) in [5.74, 6) is 0.0670. The summed E-state index contributed by atoms with van der Waals surface area (Å²) in [6.45, 7) is 0.127. The molecule has 0 aliphatic heterocycles. The highest BCUT2D eigenvalue weighted by Crippen LogP contribution is 2.25. The molecule has 0 saturated heterocycles. The number of hydrogen-bond donors (Lipinski definition) is 1. The Morgan fingerprint density at radius 1 is 1.14 bits per heavy atom. The quantitative estimate of drug-likeness (QED) is 0.744. The van der Waals surface area contributed by atoms with Gasteiger partial charge in [0.05, 0.1) is 6.54 Å². The summed E-state index contributed by atoms with van der Waals surface area (Å²) in [6, 6.07) is 11.7. The van der Waals surface area contributed by atoms with E-state index in [2.05, 4.69) is 15.5 Å². The number of nitrogen functional groups attached to an aromatic ring is 1. The highest BCUT2D eigenvalue weighted by Gasteiger charge is 2.15. The summed E-state index contributed by atoms with van der Waals surface area (Å²) in [5, 5.41) is 11.8. The summed E-state index contributed by atoms with van der Waals surface area (Å²) in [5.41, 5.74) is 7.50. The molecular formula is C14H12Cl2FN5. The first-order valence-electron chi connectivity index (χ1n) is 6.21. The number of hydrogen-bond acceptors (Lipinski definition) is 4. The van der Waals surface area contributed by atoms with Gasteiger partial charge < -0.3 is 5.73 Å². The van der Waals surface area contributed by atoms with Crippen LogP contribution in [-0.2, 0) is 6.54 Å². The second kappa shape index (κ2) is 6.72. The van der Waals surface area contributed by atoms with Gasteiger partial charge in [-0.2, -0.15) is 0 Å². The second-order valence-corrected chi connectivity index (χ2v) is 4.85. The Labute approximate surface area is 137 Å². The molecule has 0 aliphatic carbocycles. The summed E-state index contributed by atoms with van der Waals surface area (Å²) in [6.07, 6.45) is 0. The predicted octanol–water partition coefficient (Wildman–Crippen LogP) is 3.18. The van der Waals surface area contributed by atoms with Gasteiger partial charge in [0.1, 0.15) is 5.82 Å². The van der Waals surface area contributed by atoms with Crippen LogP contribution >= 0.6 is 24.0 Å². The number of anilines is 1. The molecule has 2 N–H and O–H groups in total. The van der Waals surface area contributed by atoms with Crippen LogP contribution < -0.4 is 5.73 Å². The van der Waals surface area contributed by atoms with Gasteiger partial charge in [0, 0.05) is 21.8 Å². The maximum absolute atomic E-state index is 13.9. The van der Waals surface area contributed by atoms with Crippen molar-refractivity contribution in [1.82, 2.24) is 20.2 Å². The van der Waals surface area contributed by atoms with Crippen LogP contribution in [-0.4, -0.2) is 20.2 Å². The van der Waals surface area contributed by atoms with Crippen LogP contribution in [0.3, 0.4) is 0 Å². The van der Waals surface area contributed by atoms with E-state index in [1.165, 1.54) is 10.7 Å². The molecule has 0 amide bonds. The smallest absolute Gasteiger partial charge is 0.184 e. The third kappa shape index (κ3) is 3.03. The number of halogens is 3. The number of tetrazole rings is 1. The highest BCUT2D eigenvalue weighted by atomic mass is 35.5. The minimum absolute atomic E-state index is 0. The summed E-state index contributed by atoms with van der Waals surface area (Å²) < 4.78 is 15.3. The first-order chi connectivity index (χ1) is 10.2. The van der Waals surface area contributed by atoms with Gasteiger partial charge in [-0.1, -0.05) is 29.8 Å². The molecule has 3 rings (SSSR count). The molecule has 0 spiro atoms. The average Bonchev–Trinajstić information content (AvgIpc) is 2.92. The van der Waals surface area contributed by atoms with E-state index < -0.39 is 5.82 Å². The largest absolute Gasteiger partial charge is 0.398 e. The molecule has 22 heavy (non-hydrogen) atoms. The van der Waals surface area contributed by atoms with Crippen molar-refractivity contribution in [3.63, 3.8) is 0 Å². The lowest BCUT2D eigenvalue weighted by Gasteiger charge is -2.09. The first kappa shape index (κ1) is 16.2. The molecule has 0 aliphatic rings. The summed E-state index contributed by atoms with van der Waals surface area (Å²) in [7, 11) is 0. The number of nitrogens with two attached hydrogens (primary N) is 1. The van der Waals surface area contributed by atoms with E-state index in [0.29, 0.717) is 27.7 Å². The Morgan fingerprint density at radius 2 is 1.91 bits per heavy atom. The Morgan fingerprint density at radius 3 is 2.64 bits per heavy atom. The maximum Gasteiger partial charge on any atom is 0.184 e. The number of rotatable bonds is 3. The molecule has 1 heterocycles. The van der Waals surface area contributed by atoms with Crippen LogP contribution in [0.25, 0.3) is 11.4 Å². The third-order valence-electron chi connectivity index (χ3n) is 3.10. The second-order valence-electron chi connectivity index (χ2n) is 4.45. The predicted molar refractivity (Wildman–Crippen MR) is 85.4 cm³/mol. The average molecular weight is 340 g/mol. The maximum atomic E-state index is 13.9. The van der Waals surface area contributed by atoms with E-state index in [1.807, 2.05) is 12.1 Å². The van der Waals surface area contributed by atoms with Gasteiger partial charge in [-0.3, -0.25) is 0 Å². The fourth-order valence-corrected chi connectivity index (χ4v) is 2.26. The number of para-hydroxylation sites is 1. The van der Waals surface area contributed by atoms with E-state index in [4.69, 9.17) is 17.3 Å². The number of aromatic nitrogens is 4. The first-order valence-corrected chi connectivity index (χ1v) is 6.58. The van der Waals surface area contributed by atoms with Crippen molar-refractivity contribution >= 4 is 29.7 Å². The van der Waals surface area contributed by atoms with Gasteiger partial charge in [-0.25, -0.2) is 9.07 Å². The number of benzene rings is 2. The monoisotopic (exact) mass is 339 g/mol. The molecule has 0 fully saturated rings. The molecule has 0 radical (unpaired) electrons. The van der Waals surface area contributed by atoms with Crippen LogP contribution in [0.5, 0.6) is 0 Å². The molecule has 0 saturated carbocycles. The van der Waals surface area contributed by atoms with Crippen molar-refractivity contribution in [2.75, 3.05) is 5.73 Å². The third-order valence-corrected chi connectivity index (χ3v) is 3.46. The zero-order valence-corrected chi connectivity index (χ0v) is 12.9. The van der Waals surface area contributed by atoms with Gasteiger partial charge in [0.2, 0.25) is 0 Å². The fourth-order valence-electron chi connectivity index (χ4n) is 2.04. The summed E-state index contributed by atoms with van der Waals surface area (Å²) in [4.78, 5) is 0. The molecule has 114 valence electrons. The molecular weight excluding hydrogens is 328 g/mol. The number of nitrogens with zero attached hydrogens (tertiary/aromatic N) is 4. The van der Waals surface area contributed by atoms with Crippen LogP contribution in [0.15, 0.2) is 42.5 Å². The topological polar surface area (TPSA) is 69.6 Å². The Hall–Kier alpha value is -2.18. The molecule has 0 bridgehead atoms. The van der Waals surface area contributed by atoms with Crippen LogP contribution in [0, 0.1) is 5.82 Å². The van der Waals surface area contributed by atoms with Crippen molar-refractivity contribution in [3.8, 4) is 11.4 Å². The lowest BCUT2D eigenvalue weighted by molar-refractivity contribution is 0.579. The minimum Gasteiger partial charge on any atom is -0.398 e. The van der Waals surface area contributed by atoms with Gasteiger partial charge in [0.15, 0.2) is 5.82 Å². The molecule has 1 aromatic heterocycles. The van der Waals surface area contributed by atoms with Crippen molar-refractivity contribution in [2.45, 2.75) is 6.54 Å². The zero-order valence-electron chi connectivity index (χ0n) is 11.3. The molecule has 0 unspecified atom stereocenters. The van der Waals surface area contributed by atoms with Gasteiger partial charge in [-0.15, -0.1) is 17.5 Å². The SMILES string of the molecule is Cl.Nc1ccccc1-c1nnnn1Cc1c(F)cccc1Cl. The fraction of sp³-hybridized carbons (Fsp3) is 0.0714. The van der Waals surface area contributed by atoms with E-state index in [1.54, 1.807) is 24.3 Å². The van der Waals surface area contributed by atoms with Crippen molar-refractivity contribution in [2.24, 2.45) is 0 Å². The van der Waals surface area contributed by atoms with Crippen molar-refractivity contribution in [1.29, 1.82) is 0 Å². The molecule has 5 nitrogen and oxygen atoms in total. The lowest BCUT2D eigenvalue weighted by Crippen LogP contribution is -2.07. The van der Waals surface area contributed by atoms with Crippen LogP contribution in [0.1, 0.15) is 5.56 Å². The Kier molecular flexibility index (Phi) is 4.95. The molecule has 3 aromatic rings. The van der Waals surface area contributed by atoms with E-state index in [9.17, 15) is 4.39 Å². The molecule has 8 heteroatoms. The van der Waals surface area contributed by atoms with E-state index >= 15 is 0 Å². The standard InChI is InChI=1S/C14H11ClFN5.ClH/c15-11-5-3-6-12(16)10(11)8-21-14(18-19-20-21)9-4-1-2-7-13(9)17;/h1-7H,8,17H2;1H. The minimum atomic E-state index is -0.398. The van der Waals surface area contributed by atoms with Crippen LogP contribution in [0.2, 0.25) is 5.02 Å². The zero-order chi connectivity index (χ0) is 14.8. The lowest BCUT2D eigenvalue weighted by atomic mass is 10.1. The van der Waals surface area contributed by atoms with Crippen LogP contribution in [0.4, 0.5) is 10.1 Å². The molecule has 0 atom stereocenters. The highest BCUT2D eigenvalue weighted by molar-refractivity contribution is 6.31. The van der Waals surface area contributed by atoms with Crippen molar-refractivity contribution < 1.29 is 4.39 Å². The van der Waals surface area contributed by atoms with Crippen molar-refractivity contribution in [3.05, 3.63) is 58.9 Å². The Balaban J connectivity index is 0.00000176.